The van der Waals surface area contributed by atoms with E-state index < -0.39 is 0 Å². The highest BCUT2D eigenvalue weighted by Gasteiger charge is 2.28. The van der Waals surface area contributed by atoms with Gasteiger partial charge in [0.2, 0.25) is 0 Å². The van der Waals surface area contributed by atoms with Gasteiger partial charge in [-0.05, 0) is 51.4 Å². The largest absolute Gasteiger partial charge is 0.466 e. The number of hydrogen-bond acceptors (Lipinski definition) is 3. The van der Waals surface area contributed by atoms with Gasteiger partial charge in [-0.1, -0.05) is 27.2 Å². The van der Waals surface area contributed by atoms with Crippen LogP contribution in [0.3, 0.4) is 0 Å². The zero-order valence-corrected chi connectivity index (χ0v) is 13.8. The lowest BCUT2D eigenvalue weighted by Gasteiger charge is -2.32. The molecule has 2 unspecified atom stereocenters. The van der Waals surface area contributed by atoms with Crippen LogP contribution < -0.4 is 5.32 Å². The Morgan fingerprint density at radius 1 is 1.15 bits per heavy atom. The highest BCUT2D eigenvalue weighted by atomic mass is 16.5. The highest BCUT2D eigenvalue weighted by Crippen LogP contribution is 2.26. The van der Waals surface area contributed by atoms with Crippen molar-refractivity contribution < 1.29 is 9.53 Å². The lowest BCUT2D eigenvalue weighted by molar-refractivity contribution is -0.149. The Hall–Kier alpha value is -0.570. The third-order valence-electron chi connectivity index (χ3n) is 4.70. The fourth-order valence-electron chi connectivity index (χ4n) is 3.09. The van der Waals surface area contributed by atoms with Gasteiger partial charge in [-0.3, -0.25) is 4.79 Å². The summed E-state index contributed by atoms with van der Waals surface area (Å²) in [5, 5.41) is 3.81. The molecule has 20 heavy (non-hydrogen) atoms. The molecule has 1 fully saturated rings. The van der Waals surface area contributed by atoms with E-state index in [0.29, 0.717) is 18.7 Å². The summed E-state index contributed by atoms with van der Waals surface area (Å²) in [4.78, 5) is 11.7. The van der Waals surface area contributed by atoms with Crippen molar-refractivity contribution in [3.05, 3.63) is 0 Å². The van der Waals surface area contributed by atoms with Gasteiger partial charge < -0.3 is 10.1 Å². The molecule has 1 saturated carbocycles. The fourth-order valence-corrected chi connectivity index (χ4v) is 3.09. The van der Waals surface area contributed by atoms with Crippen molar-refractivity contribution in [1.29, 1.82) is 0 Å². The van der Waals surface area contributed by atoms with Crippen molar-refractivity contribution in [3.63, 3.8) is 0 Å². The summed E-state index contributed by atoms with van der Waals surface area (Å²) in [5.41, 5.74) is 0. The summed E-state index contributed by atoms with van der Waals surface area (Å²) in [5.74, 6) is 0.948. The van der Waals surface area contributed by atoms with Gasteiger partial charge in [0.05, 0.1) is 12.5 Å². The summed E-state index contributed by atoms with van der Waals surface area (Å²) in [6, 6.07) is 1.23. The number of ether oxygens (including phenoxy) is 1. The molecule has 1 N–H and O–H groups in total. The van der Waals surface area contributed by atoms with E-state index in [0.717, 1.165) is 31.6 Å². The molecule has 0 radical (unpaired) electrons. The average molecular weight is 283 g/mol. The molecule has 1 aliphatic carbocycles. The van der Waals surface area contributed by atoms with Gasteiger partial charge in [0, 0.05) is 12.1 Å². The van der Waals surface area contributed by atoms with Gasteiger partial charge in [0.1, 0.15) is 0 Å². The van der Waals surface area contributed by atoms with Gasteiger partial charge in [0.25, 0.3) is 0 Å². The first kappa shape index (κ1) is 17.5. The number of hydrogen-bond donors (Lipinski definition) is 1. The molecule has 3 heteroatoms. The summed E-state index contributed by atoms with van der Waals surface area (Å²) in [6.07, 6.45) is 7.91. The van der Waals surface area contributed by atoms with Crippen LogP contribution in [0.5, 0.6) is 0 Å². The SMILES string of the molecule is CCOC(=O)C1CCC(NC(CC)CC(C)CC)CC1. The molecule has 0 heterocycles. The molecule has 0 aliphatic heterocycles. The van der Waals surface area contributed by atoms with E-state index in [4.69, 9.17) is 4.74 Å². The van der Waals surface area contributed by atoms with E-state index in [1.54, 1.807) is 0 Å². The molecule has 0 aromatic rings. The van der Waals surface area contributed by atoms with Crippen molar-refractivity contribution in [3.8, 4) is 0 Å². The molecule has 0 saturated heterocycles. The monoisotopic (exact) mass is 283 g/mol. The van der Waals surface area contributed by atoms with E-state index in [1.807, 2.05) is 6.92 Å². The van der Waals surface area contributed by atoms with E-state index in [9.17, 15) is 4.79 Å². The van der Waals surface area contributed by atoms with Crippen LogP contribution in [0.25, 0.3) is 0 Å². The van der Waals surface area contributed by atoms with Gasteiger partial charge in [-0.15, -0.1) is 0 Å². The second-order valence-corrected chi connectivity index (χ2v) is 6.32. The molecule has 0 bridgehead atoms. The van der Waals surface area contributed by atoms with Crippen LogP contribution in [-0.2, 0) is 9.53 Å². The molecule has 0 spiro atoms. The summed E-state index contributed by atoms with van der Waals surface area (Å²) >= 11 is 0. The molecular weight excluding hydrogens is 250 g/mol. The maximum atomic E-state index is 11.7. The maximum absolute atomic E-state index is 11.7. The molecule has 3 nitrogen and oxygen atoms in total. The number of rotatable bonds is 8. The van der Waals surface area contributed by atoms with E-state index in [2.05, 4.69) is 26.1 Å². The van der Waals surface area contributed by atoms with Crippen LogP contribution >= 0.6 is 0 Å². The predicted molar refractivity (Wildman–Crippen MR) is 83.7 cm³/mol. The maximum Gasteiger partial charge on any atom is 0.308 e. The molecular formula is C17H33NO2. The van der Waals surface area contributed by atoms with Crippen molar-refractivity contribution in [2.24, 2.45) is 11.8 Å². The number of carbonyl (C=O) groups is 1. The van der Waals surface area contributed by atoms with Crippen molar-refractivity contribution in [1.82, 2.24) is 5.32 Å². The number of esters is 1. The topological polar surface area (TPSA) is 38.3 Å². The molecule has 0 amide bonds. The Labute approximate surface area is 124 Å². The van der Waals surface area contributed by atoms with E-state index in [1.165, 1.54) is 19.3 Å². The van der Waals surface area contributed by atoms with Crippen LogP contribution in [0.1, 0.15) is 72.6 Å². The third kappa shape index (κ3) is 5.82. The smallest absolute Gasteiger partial charge is 0.308 e. The fraction of sp³-hybridized carbons (Fsp3) is 0.941. The quantitative estimate of drug-likeness (QED) is 0.686. The summed E-state index contributed by atoms with van der Waals surface area (Å²) < 4.78 is 5.13. The van der Waals surface area contributed by atoms with Crippen molar-refractivity contribution >= 4 is 5.97 Å². The van der Waals surface area contributed by atoms with E-state index >= 15 is 0 Å². The Balaban J connectivity index is 2.31. The first-order chi connectivity index (χ1) is 9.60. The second-order valence-electron chi connectivity index (χ2n) is 6.32. The first-order valence-corrected chi connectivity index (χ1v) is 8.53. The van der Waals surface area contributed by atoms with Crippen LogP contribution in [0.4, 0.5) is 0 Å². The third-order valence-corrected chi connectivity index (χ3v) is 4.70. The minimum atomic E-state index is 0.0117. The first-order valence-electron chi connectivity index (χ1n) is 8.53. The molecule has 1 rings (SSSR count). The molecule has 2 atom stereocenters. The normalized spacial score (nSPS) is 26.0. The predicted octanol–water partition coefficient (Wildman–Crippen LogP) is 3.91. The second kappa shape index (κ2) is 9.38. The van der Waals surface area contributed by atoms with Gasteiger partial charge in [0.15, 0.2) is 0 Å². The van der Waals surface area contributed by atoms with Gasteiger partial charge in [-0.2, -0.15) is 0 Å². The summed E-state index contributed by atoms with van der Waals surface area (Å²) in [6.45, 7) is 9.25. The van der Waals surface area contributed by atoms with Crippen molar-refractivity contribution in [2.45, 2.75) is 84.7 Å². The Kier molecular flexibility index (Phi) is 8.20. The minimum absolute atomic E-state index is 0.0117. The number of carbonyl (C=O) groups excluding carboxylic acids is 1. The standard InChI is InChI=1S/C17H33NO2/c1-5-13(4)12-15(6-2)18-16-10-8-14(9-11-16)17(19)20-7-3/h13-16,18H,5-12H2,1-4H3. The zero-order chi connectivity index (χ0) is 15.0. The molecule has 0 aromatic carbocycles. The van der Waals surface area contributed by atoms with Crippen LogP contribution in [0, 0.1) is 11.8 Å². The highest BCUT2D eigenvalue weighted by molar-refractivity contribution is 5.72. The number of nitrogens with one attached hydrogen (secondary N) is 1. The Morgan fingerprint density at radius 2 is 1.80 bits per heavy atom. The molecule has 1 aliphatic rings. The summed E-state index contributed by atoms with van der Waals surface area (Å²) in [7, 11) is 0. The lowest BCUT2D eigenvalue weighted by Crippen LogP contribution is -2.42. The van der Waals surface area contributed by atoms with E-state index in [-0.39, 0.29) is 11.9 Å². The van der Waals surface area contributed by atoms with Crippen molar-refractivity contribution in [2.75, 3.05) is 6.61 Å². The molecule has 0 aromatic heterocycles. The zero-order valence-electron chi connectivity index (χ0n) is 13.8. The Morgan fingerprint density at radius 3 is 2.30 bits per heavy atom. The molecule has 118 valence electrons. The lowest BCUT2D eigenvalue weighted by atomic mass is 9.85. The van der Waals surface area contributed by atoms with Crippen LogP contribution in [0.2, 0.25) is 0 Å². The van der Waals surface area contributed by atoms with Crippen LogP contribution in [-0.4, -0.2) is 24.7 Å². The Bertz CT molecular complexity index is 272. The average Bonchev–Trinajstić information content (AvgIpc) is 2.47. The van der Waals surface area contributed by atoms with Gasteiger partial charge >= 0.3 is 5.97 Å². The minimum Gasteiger partial charge on any atom is -0.466 e. The van der Waals surface area contributed by atoms with Gasteiger partial charge in [-0.25, -0.2) is 0 Å². The van der Waals surface area contributed by atoms with Crippen LogP contribution in [0.15, 0.2) is 0 Å².